The third-order valence-corrected chi connectivity index (χ3v) is 4.14. The largest absolute Gasteiger partial charge is 0.490 e. The summed E-state index contributed by atoms with van der Waals surface area (Å²) >= 11 is 6.18. The SMILES string of the molecule is CCOc1cc(/C=C(\C#N)C(=O)NC[C@@H]2CCCO2)cc(Cl)c1OCC(=O)O. The molecule has 1 atom stereocenters. The van der Waals surface area contributed by atoms with Crippen molar-refractivity contribution in [3.8, 4) is 17.6 Å². The van der Waals surface area contributed by atoms with Crippen molar-refractivity contribution in [2.24, 2.45) is 0 Å². The molecule has 8 nitrogen and oxygen atoms in total. The lowest BCUT2D eigenvalue weighted by Gasteiger charge is -2.13. The van der Waals surface area contributed by atoms with E-state index < -0.39 is 18.5 Å². The van der Waals surface area contributed by atoms with Crippen LogP contribution >= 0.6 is 11.6 Å². The highest BCUT2D eigenvalue weighted by molar-refractivity contribution is 6.32. The second-order valence-electron chi connectivity index (χ2n) is 5.96. The van der Waals surface area contributed by atoms with E-state index in [0.29, 0.717) is 25.3 Å². The van der Waals surface area contributed by atoms with Crippen LogP contribution in [-0.4, -0.2) is 49.5 Å². The van der Waals surface area contributed by atoms with Gasteiger partial charge in [-0.15, -0.1) is 0 Å². The highest BCUT2D eigenvalue weighted by atomic mass is 35.5. The second kappa shape index (κ2) is 10.5. The van der Waals surface area contributed by atoms with E-state index >= 15 is 0 Å². The van der Waals surface area contributed by atoms with E-state index in [9.17, 15) is 14.9 Å². The molecule has 1 fully saturated rings. The summed E-state index contributed by atoms with van der Waals surface area (Å²) in [5, 5.41) is 20.9. The Morgan fingerprint density at radius 2 is 2.25 bits per heavy atom. The van der Waals surface area contributed by atoms with Crippen LogP contribution in [0.3, 0.4) is 0 Å². The van der Waals surface area contributed by atoms with E-state index in [1.54, 1.807) is 6.92 Å². The predicted octanol–water partition coefficient (Wildman–Crippen LogP) is 2.40. The van der Waals surface area contributed by atoms with Gasteiger partial charge in [-0.2, -0.15) is 5.26 Å². The van der Waals surface area contributed by atoms with Crippen molar-refractivity contribution in [2.75, 3.05) is 26.4 Å². The Hall–Kier alpha value is -2.76. The van der Waals surface area contributed by atoms with E-state index in [-0.39, 0.29) is 28.2 Å². The molecule has 2 rings (SSSR count). The molecule has 0 saturated carbocycles. The average molecular weight is 409 g/mol. The van der Waals surface area contributed by atoms with E-state index in [4.69, 9.17) is 30.9 Å². The van der Waals surface area contributed by atoms with E-state index in [0.717, 1.165) is 12.8 Å². The Morgan fingerprint density at radius 3 is 2.86 bits per heavy atom. The van der Waals surface area contributed by atoms with Crippen LogP contribution in [0.2, 0.25) is 5.02 Å². The highest BCUT2D eigenvalue weighted by Crippen LogP contribution is 2.37. The molecule has 150 valence electrons. The Bertz CT molecular complexity index is 796. The molecule has 0 aromatic heterocycles. The number of amides is 1. The number of halogens is 1. The number of rotatable bonds is 9. The number of benzene rings is 1. The van der Waals surface area contributed by atoms with Crippen molar-refractivity contribution in [1.29, 1.82) is 5.26 Å². The van der Waals surface area contributed by atoms with E-state index in [1.165, 1.54) is 18.2 Å². The molecule has 1 saturated heterocycles. The molecule has 1 aliphatic rings. The number of nitrogens with one attached hydrogen (secondary N) is 1. The van der Waals surface area contributed by atoms with Crippen LogP contribution in [0.1, 0.15) is 25.3 Å². The van der Waals surface area contributed by atoms with Crippen molar-refractivity contribution < 1.29 is 28.9 Å². The van der Waals surface area contributed by atoms with Crippen molar-refractivity contribution in [2.45, 2.75) is 25.9 Å². The van der Waals surface area contributed by atoms with E-state index in [1.807, 2.05) is 6.07 Å². The fraction of sp³-hybridized carbons (Fsp3) is 0.421. The lowest BCUT2D eigenvalue weighted by Crippen LogP contribution is -2.32. The molecule has 0 radical (unpaired) electrons. The summed E-state index contributed by atoms with van der Waals surface area (Å²) < 4.78 is 16.1. The molecule has 1 aliphatic heterocycles. The second-order valence-corrected chi connectivity index (χ2v) is 6.37. The molecule has 28 heavy (non-hydrogen) atoms. The quantitative estimate of drug-likeness (QED) is 0.475. The third kappa shape index (κ3) is 6.15. The summed E-state index contributed by atoms with van der Waals surface area (Å²) in [6, 6.07) is 4.86. The molecular weight excluding hydrogens is 388 g/mol. The molecule has 1 heterocycles. The van der Waals surface area contributed by atoms with Crippen LogP contribution in [0, 0.1) is 11.3 Å². The monoisotopic (exact) mass is 408 g/mol. The minimum absolute atomic E-state index is 0.0337. The van der Waals surface area contributed by atoms with Crippen LogP contribution in [0.5, 0.6) is 11.5 Å². The summed E-state index contributed by atoms with van der Waals surface area (Å²) in [6.07, 6.45) is 3.17. The van der Waals surface area contributed by atoms with E-state index in [2.05, 4.69) is 5.32 Å². The number of carbonyl (C=O) groups is 2. The normalized spacial score (nSPS) is 16.3. The standard InChI is InChI=1S/C19H21ClN2O6/c1-2-26-16-8-12(7-15(20)18(16)28-11-17(23)24)6-13(9-21)19(25)22-10-14-4-3-5-27-14/h6-8,14H,2-5,10-11H2,1H3,(H,22,25)(H,23,24)/b13-6+/t14-/m0/s1. The zero-order valence-electron chi connectivity index (χ0n) is 15.4. The van der Waals surface area contributed by atoms with Crippen molar-refractivity contribution in [1.82, 2.24) is 5.32 Å². The highest BCUT2D eigenvalue weighted by Gasteiger charge is 2.18. The topological polar surface area (TPSA) is 118 Å². The maximum Gasteiger partial charge on any atom is 0.341 e. The van der Waals surface area contributed by atoms with Gasteiger partial charge in [0.05, 0.1) is 17.7 Å². The number of carboxylic acids is 1. The summed E-state index contributed by atoms with van der Waals surface area (Å²) in [7, 11) is 0. The van der Waals surface area contributed by atoms with Gasteiger partial charge in [0.25, 0.3) is 5.91 Å². The maximum atomic E-state index is 12.3. The molecule has 1 aromatic rings. The number of carboxylic acid groups (broad SMARTS) is 1. The van der Waals surface area contributed by atoms with Crippen LogP contribution in [0.15, 0.2) is 17.7 Å². The molecular formula is C19H21ClN2O6. The Morgan fingerprint density at radius 1 is 1.46 bits per heavy atom. The van der Waals surface area contributed by atoms with Gasteiger partial charge in [0.15, 0.2) is 18.1 Å². The molecule has 0 unspecified atom stereocenters. The van der Waals surface area contributed by atoms with Crippen molar-refractivity contribution >= 4 is 29.6 Å². The van der Waals surface area contributed by atoms with Gasteiger partial charge in [0.2, 0.25) is 0 Å². The van der Waals surface area contributed by atoms with Gasteiger partial charge in [0.1, 0.15) is 11.6 Å². The first-order valence-corrected chi connectivity index (χ1v) is 9.15. The summed E-state index contributed by atoms with van der Waals surface area (Å²) in [5.41, 5.74) is 0.343. The average Bonchev–Trinajstić information content (AvgIpc) is 3.17. The van der Waals surface area contributed by atoms with Gasteiger partial charge < -0.3 is 24.6 Å². The van der Waals surface area contributed by atoms with Gasteiger partial charge in [-0.1, -0.05) is 11.6 Å². The number of nitriles is 1. The number of ether oxygens (including phenoxy) is 3. The van der Waals surface area contributed by atoms with Gasteiger partial charge in [-0.05, 0) is 43.5 Å². The van der Waals surface area contributed by atoms with Crippen LogP contribution in [0.25, 0.3) is 6.08 Å². The molecule has 0 bridgehead atoms. The van der Waals surface area contributed by atoms with Crippen molar-refractivity contribution in [3.63, 3.8) is 0 Å². The van der Waals surface area contributed by atoms with Crippen LogP contribution in [-0.2, 0) is 14.3 Å². The number of nitrogens with zero attached hydrogens (tertiary/aromatic N) is 1. The molecule has 9 heteroatoms. The molecule has 0 spiro atoms. The first kappa shape index (κ1) is 21.5. The number of hydrogen-bond acceptors (Lipinski definition) is 6. The fourth-order valence-electron chi connectivity index (χ4n) is 2.63. The Kier molecular flexibility index (Phi) is 8.11. The summed E-state index contributed by atoms with van der Waals surface area (Å²) in [5.74, 6) is -1.36. The lowest BCUT2D eigenvalue weighted by molar-refractivity contribution is -0.139. The Balaban J connectivity index is 2.19. The molecule has 0 aliphatic carbocycles. The number of carbonyl (C=O) groups excluding carboxylic acids is 1. The fourth-order valence-corrected chi connectivity index (χ4v) is 2.90. The third-order valence-electron chi connectivity index (χ3n) is 3.86. The first-order valence-electron chi connectivity index (χ1n) is 8.77. The smallest absolute Gasteiger partial charge is 0.341 e. The summed E-state index contributed by atoms with van der Waals surface area (Å²) in [6.45, 7) is 2.47. The molecule has 2 N–H and O–H groups in total. The molecule has 1 aromatic carbocycles. The molecule has 1 amide bonds. The summed E-state index contributed by atoms with van der Waals surface area (Å²) in [4.78, 5) is 23.0. The van der Waals surface area contributed by atoms with Gasteiger partial charge >= 0.3 is 5.97 Å². The minimum Gasteiger partial charge on any atom is -0.490 e. The zero-order valence-corrected chi connectivity index (χ0v) is 16.1. The number of hydrogen-bond donors (Lipinski definition) is 2. The lowest BCUT2D eigenvalue weighted by atomic mass is 10.1. The first-order chi connectivity index (χ1) is 13.4. The van der Waals surface area contributed by atoms with Crippen LogP contribution in [0.4, 0.5) is 0 Å². The van der Waals surface area contributed by atoms with Crippen molar-refractivity contribution in [3.05, 3.63) is 28.3 Å². The predicted molar refractivity (Wildman–Crippen MR) is 101 cm³/mol. The zero-order chi connectivity index (χ0) is 20.5. The van der Waals surface area contributed by atoms with Gasteiger partial charge in [-0.3, -0.25) is 4.79 Å². The minimum atomic E-state index is -1.16. The van der Waals surface area contributed by atoms with Gasteiger partial charge in [-0.25, -0.2) is 4.79 Å². The van der Waals surface area contributed by atoms with Gasteiger partial charge in [0, 0.05) is 13.2 Å². The van der Waals surface area contributed by atoms with Crippen LogP contribution < -0.4 is 14.8 Å². The Labute approximate surface area is 167 Å². The maximum absolute atomic E-state index is 12.3. The number of aliphatic carboxylic acids is 1.